The van der Waals surface area contributed by atoms with Crippen LogP contribution in [0.25, 0.3) is 0 Å². The molecule has 0 aromatic rings. The van der Waals surface area contributed by atoms with E-state index < -0.39 is 6.10 Å². The highest BCUT2D eigenvalue weighted by atomic mass is 16.6. The molecule has 0 aromatic carbocycles. The monoisotopic (exact) mass is 863 g/mol. The van der Waals surface area contributed by atoms with Gasteiger partial charge in [-0.1, -0.05) is 266 Å². The van der Waals surface area contributed by atoms with Crippen LogP contribution in [-0.4, -0.2) is 37.2 Å². The molecule has 0 radical (unpaired) electrons. The highest BCUT2D eigenvalue weighted by Gasteiger charge is 2.19. The summed E-state index contributed by atoms with van der Waals surface area (Å²) in [5, 5.41) is 0. The molecule has 0 rings (SSSR count). The van der Waals surface area contributed by atoms with Crippen LogP contribution in [0.5, 0.6) is 0 Å². The third kappa shape index (κ3) is 49.3. The smallest absolute Gasteiger partial charge is 0.306 e. The summed E-state index contributed by atoms with van der Waals surface area (Å²) in [4.78, 5) is 38.0. The molecule has 0 amide bonds. The minimum absolute atomic E-state index is 0.0631. The van der Waals surface area contributed by atoms with Crippen molar-refractivity contribution in [2.75, 3.05) is 13.2 Å². The maximum absolute atomic E-state index is 12.8. The van der Waals surface area contributed by atoms with E-state index >= 15 is 0 Å². The molecular formula is C55H106O6. The van der Waals surface area contributed by atoms with Gasteiger partial charge in [-0.3, -0.25) is 14.4 Å². The second-order valence-electron chi connectivity index (χ2n) is 19.8. The van der Waals surface area contributed by atoms with E-state index in [9.17, 15) is 14.4 Å². The van der Waals surface area contributed by atoms with E-state index in [1.165, 1.54) is 193 Å². The number of esters is 3. The minimum atomic E-state index is -0.762. The predicted octanol–water partition coefficient (Wildman–Crippen LogP) is 17.7. The number of hydrogen-bond donors (Lipinski definition) is 0. The van der Waals surface area contributed by atoms with Crippen molar-refractivity contribution in [2.45, 2.75) is 310 Å². The average molecular weight is 863 g/mol. The molecular weight excluding hydrogens is 757 g/mol. The molecule has 61 heavy (non-hydrogen) atoms. The molecule has 0 aliphatic rings. The Bertz CT molecular complexity index is 931. The molecule has 0 saturated carbocycles. The van der Waals surface area contributed by atoms with Crippen molar-refractivity contribution in [3.05, 3.63) is 0 Å². The molecule has 0 bridgehead atoms. The first-order valence-corrected chi connectivity index (χ1v) is 27.2. The Hall–Kier alpha value is -1.59. The van der Waals surface area contributed by atoms with Gasteiger partial charge in [-0.05, 0) is 31.1 Å². The molecule has 0 aliphatic heterocycles. The lowest BCUT2D eigenvalue weighted by Crippen LogP contribution is -2.30. The zero-order valence-corrected chi connectivity index (χ0v) is 41.8. The average Bonchev–Trinajstić information content (AvgIpc) is 3.23. The fourth-order valence-corrected chi connectivity index (χ4v) is 8.34. The Labute approximate surface area is 380 Å². The van der Waals surface area contributed by atoms with Crippen LogP contribution >= 0.6 is 0 Å². The van der Waals surface area contributed by atoms with E-state index in [1.807, 2.05) is 0 Å². The fourth-order valence-electron chi connectivity index (χ4n) is 8.34. The number of carbonyl (C=O) groups is 3. The lowest BCUT2D eigenvalue weighted by atomic mass is 10.0. The molecule has 0 unspecified atom stereocenters. The fraction of sp³-hybridized carbons (Fsp3) is 0.945. The molecule has 362 valence electrons. The number of carbonyl (C=O) groups excluding carboxylic acids is 3. The topological polar surface area (TPSA) is 78.9 Å². The van der Waals surface area contributed by atoms with Crippen LogP contribution in [0, 0.1) is 11.8 Å². The van der Waals surface area contributed by atoms with E-state index in [4.69, 9.17) is 14.2 Å². The van der Waals surface area contributed by atoms with Gasteiger partial charge < -0.3 is 14.2 Å². The standard InChI is InChI=1S/C55H106O6/c1-6-7-8-9-10-11-12-13-14-20-25-30-35-40-45-53(56)59-48-52(49-60-54(57)46-41-36-31-26-22-17-19-24-29-34-39-44-51(4)5)61-55(58)47-42-37-32-27-21-16-15-18-23-28-33-38-43-50(2)3/h50-52H,6-49H2,1-5H3/t52-/m1/s1. The number of ether oxygens (including phenoxy) is 3. The third-order valence-electron chi connectivity index (χ3n) is 12.5. The number of unbranched alkanes of at least 4 members (excludes halogenated alkanes) is 34. The Morgan fingerprint density at radius 2 is 0.541 bits per heavy atom. The van der Waals surface area contributed by atoms with Gasteiger partial charge in [0.2, 0.25) is 0 Å². The zero-order chi connectivity index (χ0) is 44.7. The molecule has 1 atom stereocenters. The van der Waals surface area contributed by atoms with Gasteiger partial charge in [0, 0.05) is 19.3 Å². The third-order valence-corrected chi connectivity index (χ3v) is 12.5. The van der Waals surface area contributed by atoms with Crippen LogP contribution in [0.3, 0.4) is 0 Å². The van der Waals surface area contributed by atoms with Gasteiger partial charge in [-0.2, -0.15) is 0 Å². The van der Waals surface area contributed by atoms with Crippen molar-refractivity contribution in [2.24, 2.45) is 11.8 Å². The van der Waals surface area contributed by atoms with Crippen LogP contribution in [0.15, 0.2) is 0 Å². The highest BCUT2D eigenvalue weighted by Crippen LogP contribution is 2.18. The molecule has 0 aromatic heterocycles. The Morgan fingerprint density at radius 1 is 0.311 bits per heavy atom. The molecule has 0 aliphatic carbocycles. The van der Waals surface area contributed by atoms with Crippen molar-refractivity contribution in [1.82, 2.24) is 0 Å². The maximum Gasteiger partial charge on any atom is 0.306 e. The second-order valence-corrected chi connectivity index (χ2v) is 19.8. The van der Waals surface area contributed by atoms with Crippen molar-refractivity contribution < 1.29 is 28.6 Å². The number of hydrogen-bond acceptors (Lipinski definition) is 6. The van der Waals surface area contributed by atoms with Gasteiger partial charge in [0.25, 0.3) is 0 Å². The lowest BCUT2D eigenvalue weighted by molar-refractivity contribution is -0.167. The summed E-state index contributed by atoms with van der Waals surface area (Å²) < 4.78 is 16.8. The largest absolute Gasteiger partial charge is 0.462 e. The van der Waals surface area contributed by atoms with Crippen molar-refractivity contribution in [3.8, 4) is 0 Å². The SMILES string of the molecule is CCCCCCCCCCCCCCCCC(=O)OC[C@H](COC(=O)CCCCCCCCCCCCCC(C)C)OC(=O)CCCCCCCCCCCCCCC(C)C. The van der Waals surface area contributed by atoms with Gasteiger partial charge in [-0.15, -0.1) is 0 Å². The summed E-state index contributed by atoms with van der Waals surface area (Å²) in [6.07, 6.45) is 49.4. The van der Waals surface area contributed by atoms with E-state index in [2.05, 4.69) is 34.6 Å². The predicted molar refractivity (Wildman–Crippen MR) is 261 cm³/mol. The van der Waals surface area contributed by atoms with Crippen molar-refractivity contribution >= 4 is 17.9 Å². The Kier molecular flexibility index (Phi) is 46.6. The van der Waals surface area contributed by atoms with E-state index in [1.54, 1.807) is 0 Å². The molecule has 0 fully saturated rings. The Morgan fingerprint density at radius 3 is 0.803 bits per heavy atom. The first kappa shape index (κ1) is 59.4. The van der Waals surface area contributed by atoms with Gasteiger partial charge in [0.1, 0.15) is 13.2 Å². The van der Waals surface area contributed by atoms with Gasteiger partial charge in [0.15, 0.2) is 6.10 Å². The Balaban J connectivity index is 4.32. The van der Waals surface area contributed by atoms with Crippen LogP contribution < -0.4 is 0 Å². The van der Waals surface area contributed by atoms with Crippen LogP contribution in [-0.2, 0) is 28.6 Å². The summed E-state index contributed by atoms with van der Waals surface area (Å²) in [5.41, 5.74) is 0. The quantitative estimate of drug-likeness (QED) is 0.0344. The van der Waals surface area contributed by atoms with E-state index in [-0.39, 0.29) is 31.1 Å². The van der Waals surface area contributed by atoms with Gasteiger partial charge in [0.05, 0.1) is 0 Å². The van der Waals surface area contributed by atoms with Crippen molar-refractivity contribution in [1.29, 1.82) is 0 Å². The first-order valence-electron chi connectivity index (χ1n) is 27.2. The van der Waals surface area contributed by atoms with Crippen LogP contribution in [0.4, 0.5) is 0 Å². The number of rotatable bonds is 49. The van der Waals surface area contributed by atoms with Gasteiger partial charge in [-0.25, -0.2) is 0 Å². The summed E-state index contributed by atoms with van der Waals surface area (Å²) >= 11 is 0. The summed E-state index contributed by atoms with van der Waals surface area (Å²) in [7, 11) is 0. The van der Waals surface area contributed by atoms with Crippen molar-refractivity contribution in [3.63, 3.8) is 0 Å². The normalized spacial score (nSPS) is 12.0. The van der Waals surface area contributed by atoms with E-state index in [0.717, 1.165) is 69.6 Å². The van der Waals surface area contributed by atoms with Gasteiger partial charge >= 0.3 is 17.9 Å². The molecule has 6 heteroatoms. The van der Waals surface area contributed by atoms with Crippen LogP contribution in [0.2, 0.25) is 0 Å². The molecule has 0 spiro atoms. The van der Waals surface area contributed by atoms with Crippen LogP contribution in [0.1, 0.15) is 304 Å². The minimum Gasteiger partial charge on any atom is -0.462 e. The molecule has 0 heterocycles. The first-order chi connectivity index (χ1) is 29.7. The summed E-state index contributed by atoms with van der Waals surface area (Å²) in [6.45, 7) is 11.4. The second kappa shape index (κ2) is 47.9. The maximum atomic E-state index is 12.8. The summed E-state index contributed by atoms with van der Waals surface area (Å²) in [5.74, 6) is 0.815. The molecule has 6 nitrogen and oxygen atoms in total. The molecule has 0 saturated heterocycles. The zero-order valence-electron chi connectivity index (χ0n) is 41.8. The highest BCUT2D eigenvalue weighted by molar-refractivity contribution is 5.71. The van der Waals surface area contributed by atoms with E-state index in [0.29, 0.717) is 19.3 Å². The summed E-state index contributed by atoms with van der Waals surface area (Å²) in [6, 6.07) is 0. The molecule has 0 N–H and O–H groups in total. The lowest BCUT2D eigenvalue weighted by Gasteiger charge is -2.18.